The van der Waals surface area contributed by atoms with Gasteiger partial charge in [-0.2, -0.15) is 13.2 Å². The molecular weight excluding hydrogens is 358 g/mol. The zero-order valence-corrected chi connectivity index (χ0v) is 11.0. The molecule has 90 valence electrons. The zero-order chi connectivity index (χ0) is 12.4. The predicted molar refractivity (Wildman–Crippen MR) is 48.2 cm³/mol. The number of alkyl halides is 3. The molecule has 1 rings (SSSR count). The molecule has 16 heavy (non-hydrogen) atoms. The number of hydrogen-bond donors (Lipinski definition) is 0. The van der Waals surface area contributed by atoms with Gasteiger partial charge in [-0.05, 0) is 19.1 Å². The van der Waals surface area contributed by atoms with Gasteiger partial charge in [-0.15, -0.1) is 0 Å². The maximum Gasteiger partial charge on any atom is 0.482 e. The summed E-state index contributed by atoms with van der Waals surface area (Å²) in [6.45, 7) is 1.83. The van der Waals surface area contributed by atoms with Gasteiger partial charge in [-0.3, -0.25) is 2.94 Å². The Morgan fingerprint density at radius 2 is 1.69 bits per heavy atom. The maximum atomic E-state index is 11.9. The number of benzene rings is 1. The highest BCUT2D eigenvalue weighted by Crippen LogP contribution is 2.24. The van der Waals surface area contributed by atoms with Crippen molar-refractivity contribution in [3.8, 4) is 0 Å². The number of hydrogen-bond acceptors (Lipinski definition) is 2. The second kappa shape index (κ2) is 4.88. The van der Waals surface area contributed by atoms with E-state index in [2.05, 4.69) is 2.94 Å². The molecule has 0 amide bonds. The lowest BCUT2D eigenvalue weighted by molar-refractivity contribution is -0.567. The van der Waals surface area contributed by atoms with Crippen molar-refractivity contribution < 1.29 is 43.1 Å². The molecule has 1 aromatic rings. The average Bonchev–Trinajstić information content (AvgIpc) is 2.15. The number of halogens is 4. The van der Waals surface area contributed by atoms with E-state index in [-0.39, 0.29) is 0 Å². The van der Waals surface area contributed by atoms with Crippen molar-refractivity contribution >= 4 is 10.0 Å². The summed E-state index contributed by atoms with van der Waals surface area (Å²) in [5, 5.41) is 0. The first-order valence-corrected chi connectivity index (χ1v) is 7.45. The summed E-state index contributed by atoms with van der Waals surface area (Å²) in [7, 11) is -5.33. The Bertz CT molecular complexity index is 455. The lowest BCUT2D eigenvalue weighted by Crippen LogP contribution is -3.59. The van der Waals surface area contributed by atoms with Crippen LogP contribution in [0.1, 0.15) is 5.56 Å². The van der Waals surface area contributed by atoms with Crippen molar-refractivity contribution in [3.63, 3.8) is 0 Å². The highest BCUT2D eigenvalue weighted by molar-refractivity contribution is 7.94. The van der Waals surface area contributed by atoms with Crippen LogP contribution in [-0.2, 0) is 10.0 Å². The molecule has 0 heterocycles. The Balaban J connectivity index is 2.69. The van der Waals surface area contributed by atoms with Crippen molar-refractivity contribution in [2.75, 3.05) is 0 Å². The van der Waals surface area contributed by atoms with Crippen molar-refractivity contribution in [1.29, 1.82) is 0 Å². The van der Waals surface area contributed by atoms with Gasteiger partial charge >= 0.3 is 5.51 Å². The maximum absolute atomic E-state index is 11.9. The van der Waals surface area contributed by atoms with Crippen LogP contribution in [0.4, 0.5) is 13.2 Å². The van der Waals surface area contributed by atoms with Crippen molar-refractivity contribution in [1.82, 2.24) is 0 Å². The van der Waals surface area contributed by atoms with E-state index in [1.165, 1.54) is 0 Å². The molecule has 0 fully saturated rings. The molecule has 0 bridgehead atoms. The average molecular weight is 365 g/mol. The van der Waals surface area contributed by atoms with Crippen LogP contribution in [0.25, 0.3) is 2.94 Å². The molecule has 0 aliphatic rings. The molecule has 0 N–H and O–H groups in total. The van der Waals surface area contributed by atoms with E-state index < -0.39 is 37.0 Å². The summed E-state index contributed by atoms with van der Waals surface area (Å²) < 4.78 is 60.4. The number of aryl methyl sites for hydroxylation is 1. The molecular formula is C8H7F3INO2S. The van der Waals surface area contributed by atoms with Crippen LogP contribution in [0.2, 0.25) is 0 Å². The predicted octanol–water partition coefficient (Wildman–Crippen LogP) is -0.608. The Morgan fingerprint density at radius 3 is 2.12 bits per heavy atom. The minimum atomic E-state index is -5.33. The zero-order valence-electron chi connectivity index (χ0n) is 7.99. The molecule has 3 nitrogen and oxygen atoms in total. The highest BCUT2D eigenvalue weighted by atomic mass is 127. The minimum absolute atomic E-state index is 0.525. The summed E-state index contributed by atoms with van der Waals surface area (Å²) in [6, 6.07) is 6.56. The van der Waals surface area contributed by atoms with Crippen LogP contribution in [0.15, 0.2) is 24.3 Å². The molecule has 0 aromatic heterocycles. The molecule has 0 saturated carbocycles. The first-order valence-electron chi connectivity index (χ1n) is 3.97. The fourth-order valence-electron chi connectivity index (χ4n) is 0.714. The van der Waals surface area contributed by atoms with E-state index in [0.717, 1.165) is 5.56 Å². The van der Waals surface area contributed by atoms with Crippen LogP contribution in [0, 0.1) is 10.5 Å². The SMILES string of the molecule is Cc1ccc([I+][N-]S(=O)(=O)C(F)(F)F)cc1. The van der Waals surface area contributed by atoms with Crippen molar-refractivity contribution in [3.05, 3.63) is 36.3 Å². The van der Waals surface area contributed by atoms with Crippen LogP contribution in [0.3, 0.4) is 0 Å². The number of sulfonamides is 1. The Hall–Kier alpha value is -0.350. The summed E-state index contributed by atoms with van der Waals surface area (Å²) in [6.07, 6.45) is 0. The third-order valence-corrected chi connectivity index (χ3v) is 5.78. The molecule has 1 aromatic carbocycles. The Morgan fingerprint density at radius 1 is 1.19 bits per heavy atom. The fourth-order valence-corrected chi connectivity index (χ4v) is 3.77. The first-order chi connectivity index (χ1) is 7.22. The minimum Gasteiger partial charge on any atom is -0.278 e. The Labute approximate surface area is 102 Å². The lowest BCUT2D eigenvalue weighted by Gasteiger charge is -2.10. The smallest absolute Gasteiger partial charge is 0.278 e. The van der Waals surface area contributed by atoms with Gasteiger partial charge in [0.15, 0.2) is 3.57 Å². The summed E-state index contributed by atoms with van der Waals surface area (Å²) in [5.74, 6) is 0. The van der Waals surface area contributed by atoms with Gasteiger partial charge in [0.2, 0.25) is 31.5 Å². The van der Waals surface area contributed by atoms with Crippen molar-refractivity contribution in [2.45, 2.75) is 12.4 Å². The molecule has 0 unspecified atom stereocenters. The summed E-state index contributed by atoms with van der Waals surface area (Å²) in [4.78, 5) is 0. The second-order valence-corrected chi connectivity index (χ2v) is 7.33. The van der Waals surface area contributed by atoms with Gasteiger partial charge in [-0.1, -0.05) is 17.7 Å². The topological polar surface area (TPSA) is 48.2 Å². The van der Waals surface area contributed by atoms with Crippen LogP contribution < -0.4 is 21.5 Å². The van der Waals surface area contributed by atoms with E-state index in [0.29, 0.717) is 3.57 Å². The third kappa shape index (κ3) is 3.59. The molecule has 0 spiro atoms. The number of rotatable bonds is 3. The van der Waals surface area contributed by atoms with Gasteiger partial charge in [0.1, 0.15) is 0 Å². The van der Waals surface area contributed by atoms with Crippen LogP contribution in [0.5, 0.6) is 0 Å². The molecule has 0 saturated heterocycles. The number of nitrogens with zero attached hydrogens (tertiary/aromatic N) is 1. The third-order valence-electron chi connectivity index (χ3n) is 1.53. The normalized spacial score (nSPS) is 12.8. The molecule has 8 heteroatoms. The quantitative estimate of drug-likeness (QED) is 0.672. The molecule has 0 aliphatic carbocycles. The molecule has 0 radical (unpaired) electrons. The largest absolute Gasteiger partial charge is 0.482 e. The van der Waals surface area contributed by atoms with Crippen molar-refractivity contribution in [2.24, 2.45) is 0 Å². The highest BCUT2D eigenvalue weighted by Gasteiger charge is 2.41. The van der Waals surface area contributed by atoms with E-state index in [9.17, 15) is 21.6 Å². The van der Waals surface area contributed by atoms with Gasteiger partial charge in [-0.25, -0.2) is 8.42 Å². The van der Waals surface area contributed by atoms with Crippen LogP contribution >= 0.6 is 0 Å². The monoisotopic (exact) mass is 365 g/mol. The summed E-state index contributed by atoms with van der Waals surface area (Å²) in [5.41, 5.74) is -4.34. The van der Waals surface area contributed by atoms with Gasteiger partial charge in [0, 0.05) is 0 Å². The van der Waals surface area contributed by atoms with E-state index >= 15 is 0 Å². The summed E-state index contributed by atoms with van der Waals surface area (Å²) >= 11 is -1.52. The lowest BCUT2D eigenvalue weighted by atomic mass is 10.2. The van der Waals surface area contributed by atoms with Gasteiger partial charge in [0.05, 0.1) is 0 Å². The fraction of sp³-hybridized carbons (Fsp3) is 0.250. The van der Waals surface area contributed by atoms with Crippen LogP contribution in [-0.4, -0.2) is 13.9 Å². The second-order valence-electron chi connectivity index (χ2n) is 2.87. The molecule has 0 aliphatic heterocycles. The van der Waals surface area contributed by atoms with E-state index in [1.807, 2.05) is 6.92 Å². The standard InChI is InChI=1S/C8H7F3INO2S/c1-6-2-4-7(5-3-6)12-13-16(14,15)8(9,10)11/h2-5H,1H3. The van der Waals surface area contributed by atoms with E-state index in [4.69, 9.17) is 0 Å². The Kier molecular flexibility index (Phi) is 4.18. The van der Waals surface area contributed by atoms with Gasteiger partial charge < -0.3 is 0 Å². The van der Waals surface area contributed by atoms with Gasteiger partial charge in [0.25, 0.3) is 0 Å². The molecule has 0 atom stereocenters. The first kappa shape index (κ1) is 13.7. The van der Waals surface area contributed by atoms with E-state index in [1.54, 1.807) is 24.3 Å².